The van der Waals surface area contributed by atoms with Gasteiger partial charge in [0.2, 0.25) is 0 Å². The molecule has 10 nitrogen and oxygen atoms in total. The number of nitrogens with two attached hydrogens (primary N) is 1. The van der Waals surface area contributed by atoms with Crippen LogP contribution < -0.4 is 16.3 Å². The van der Waals surface area contributed by atoms with Crippen LogP contribution in [0, 0.1) is 0 Å². The molecule has 1 saturated heterocycles. The molecule has 266 valence electrons. The van der Waals surface area contributed by atoms with Crippen molar-refractivity contribution in [2.24, 2.45) is 10.9 Å². The number of piperazine rings is 1. The van der Waals surface area contributed by atoms with Crippen LogP contribution >= 0.6 is 11.6 Å². The van der Waals surface area contributed by atoms with Crippen molar-refractivity contribution < 1.29 is 22.7 Å². The molecule has 1 aliphatic rings. The number of halogens is 4. The number of hydrogen-bond donors (Lipinski definition) is 1. The summed E-state index contributed by atoms with van der Waals surface area (Å²) in [6, 6.07) is 13.0. The van der Waals surface area contributed by atoms with E-state index in [-0.39, 0.29) is 12.3 Å². The molecule has 1 fully saturated rings. The second kappa shape index (κ2) is 20.2. The van der Waals surface area contributed by atoms with E-state index in [9.17, 15) is 18.0 Å². The Bertz CT molecular complexity index is 1450. The number of benzene rings is 2. The molecule has 0 spiro atoms. The maximum Gasteiger partial charge on any atom is 0.416 e. The highest BCUT2D eigenvalue weighted by atomic mass is 35.5. The van der Waals surface area contributed by atoms with Crippen molar-refractivity contribution in [2.75, 3.05) is 64.5 Å². The van der Waals surface area contributed by atoms with Crippen LogP contribution in [0.2, 0.25) is 5.02 Å². The second-order valence-electron chi connectivity index (χ2n) is 11.4. The zero-order chi connectivity index (χ0) is 34.9. The van der Waals surface area contributed by atoms with E-state index < -0.39 is 11.7 Å². The molecule has 0 radical (unpaired) electrons. The molecule has 0 saturated carbocycles. The molecule has 3 aromatic rings. The van der Waals surface area contributed by atoms with Crippen LogP contribution in [0.4, 0.5) is 18.9 Å². The van der Waals surface area contributed by atoms with E-state index in [4.69, 9.17) is 26.9 Å². The van der Waals surface area contributed by atoms with Crippen LogP contribution in [0.3, 0.4) is 0 Å². The number of methoxy groups -OCH3 is 1. The van der Waals surface area contributed by atoms with Gasteiger partial charge in [-0.1, -0.05) is 41.9 Å². The summed E-state index contributed by atoms with van der Waals surface area (Å²) in [6.45, 7) is 11.7. The maximum absolute atomic E-state index is 12.6. The molecule has 1 aromatic heterocycles. The highest BCUT2D eigenvalue weighted by molar-refractivity contribution is 6.30. The Labute approximate surface area is 286 Å². The lowest BCUT2D eigenvalue weighted by Gasteiger charge is -2.36. The molecular weight excluding hydrogens is 647 g/mol. The first-order chi connectivity index (χ1) is 23.1. The Hall–Kier alpha value is -3.39. The normalized spacial score (nSPS) is 14.2. The minimum Gasteiger partial charge on any atom is -0.394 e. The van der Waals surface area contributed by atoms with Crippen molar-refractivity contribution in [1.82, 2.24) is 19.2 Å². The van der Waals surface area contributed by atoms with Gasteiger partial charge in [-0.25, -0.2) is 9.48 Å². The average molecular weight is 696 g/mol. The van der Waals surface area contributed by atoms with E-state index in [1.807, 2.05) is 32.0 Å². The Morgan fingerprint density at radius 1 is 1.00 bits per heavy atom. The number of ether oxygens (including phenoxy) is 1. The van der Waals surface area contributed by atoms with Crippen LogP contribution in [-0.4, -0.2) is 84.6 Å². The summed E-state index contributed by atoms with van der Waals surface area (Å²) in [7, 11) is 1.62. The number of hydrogen-bond acceptors (Lipinski definition) is 8. The van der Waals surface area contributed by atoms with Gasteiger partial charge in [-0.2, -0.15) is 18.3 Å². The fraction of sp³-hybridized carbons (Fsp3) is 0.559. The molecular formula is C34H49ClF3N7O3. The molecule has 0 atom stereocenters. The van der Waals surface area contributed by atoms with Crippen LogP contribution in [0.5, 0.6) is 0 Å². The van der Waals surface area contributed by atoms with Crippen LogP contribution in [-0.2, 0) is 35.3 Å². The van der Waals surface area contributed by atoms with E-state index in [1.165, 1.54) is 17.8 Å². The van der Waals surface area contributed by atoms with E-state index >= 15 is 0 Å². The van der Waals surface area contributed by atoms with Gasteiger partial charge in [0.15, 0.2) is 0 Å². The topological polar surface area (TPSA) is 103 Å². The lowest BCUT2D eigenvalue weighted by molar-refractivity contribution is -0.137. The molecule has 2 heterocycles. The first-order valence-corrected chi connectivity index (χ1v) is 16.9. The van der Waals surface area contributed by atoms with Gasteiger partial charge >= 0.3 is 11.9 Å². The summed E-state index contributed by atoms with van der Waals surface area (Å²) >= 11 is 6.09. The van der Waals surface area contributed by atoms with Crippen molar-refractivity contribution in [3.05, 3.63) is 81.0 Å². The largest absolute Gasteiger partial charge is 0.416 e. The maximum atomic E-state index is 12.6. The van der Waals surface area contributed by atoms with Gasteiger partial charge in [-0.05, 0) is 68.5 Å². The minimum absolute atomic E-state index is 0.0233. The number of oxime groups is 1. The first-order valence-electron chi connectivity index (χ1n) is 16.6. The fourth-order valence-corrected chi connectivity index (χ4v) is 5.55. The van der Waals surface area contributed by atoms with Crippen molar-refractivity contribution in [1.29, 1.82) is 0 Å². The molecule has 1 aliphatic heterocycles. The zero-order valence-corrected chi connectivity index (χ0v) is 29.0. The van der Waals surface area contributed by atoms with Gasteiger partial charge in [0, 0.05) is 83.2 Å². The molecule has 0 bridgehead atoms. The Balaban J connectivity index is 0.000000265. The van der Waals surface area contributed by atoms with E-state index in [0.717, 1.165) is 81.4 Å². The Morgan fingerprint density at radius 2 is 1.73 bits per heavy atom. The summed E-state index contributed by atoms with van der Waals surface area (Å²) in [5, 5.41) is 9.24. The Kier molecular flexibility index (Phi) is 16.4. The molecule has 0 aliphatic carbocycles. The average Bonchev–Trinajstić information content (AvgIpc) is 3.40. The summed E-state index contributed by atoms with van der Waals surface area (Å²) in [5.74, 6) is 0.882. The molecule has 14 heteroatoms. The van der Waals surface area contributed by atoms with E-state index in [1.54, 1.807) is 16.4 Å². The van der Waals surface area contributed by atoms with Crippen LogP contribution in [0.1, 0.15) is 56.5 Å². The molecule has 2 aromatic carbocycles. The van der Waals surface area contributed by atoms with Gasteiger partial charge in [0.05, 0.1) is 11.3 Å². The summed E-state index contributed by atoms with van der Waals surface area (Å²) in [6.07, 6.45) is -0.362. The lowest BCUT2D eigenvalue weighted by Crippen LogP contribution is -2.46. The third-order valence-corrected chi connectivity index (χ3v) is 8.20. The van der Waals surface area contributed by atoms with Crippen molar-refractivity contribution in [3.8, 4) is 0 Å². The van der Waals surface area contributed by atoms with Crippen molar-refractivity contribution in [2.45, 2.75) is 65.2 Å². The number of unbranched alkanes of at least 4 members (excludes halogenated alkanes) is 1. The number of alkyl halides is 3. The SMILES string of the molecule is CCc1nn(CCCN2CCN(c3cccc(Cl)c3)CC2)c(=O)n1CC.COCCCC/C(=N\OCCN)c1ccc(C(F)(F)F)cc1. The molecule has 48 heavy (non-hydrogen) atoms. The smallest absolute Gasteiger partial charge is 0.394 e. The molecule has 0 amide bonds. The van der Waals surface area contributed by atoms with E-state index in [2.05, 4.69) is 26.1 Å². The predicted molar refractivity (Wildman–Crippen MR) is 185 cm³/mol. The van der Waals surface area contributed by atoms with Crippen molar-refractivity contribution >= 4 is 23.0 Å². The zero-order valence-electron chi connectivity index (χ0n) is 28.2. The van der Waals surface area contributed by atoms with Gasteiger partial charge < -0.3 is 20.2 Å². The van der Waals surface area contributed by atoms with Gasteiger partial charge in [-0.3, -0.25) is 9.47 Å². The fourth-order valence-electron chi connectivity index (χ4n) is 5.37. The van der Waals surface area contributed by atoms with Crippen molar-refractivity contribution in [3.63, 3.8) is 0 Å². The standard InChI is InChI=1S/C19H28ClN5O.C15H21F3N2O2/c1-3-18-21-25(19(26)24(18)4-2)10-6-9-22-11-13-23(14-12-22)17-8-5-7-16(20)15-17;1-21-10-3-2-4-14(20-22-11-9-19)12-5-7-13(8-6-12)15(16,17)18/h5,7-8,15H,3-4,6,9-14H2,1-2H3;5-8H,2-4,9-11,19H2,1H3/b;20-14+. The molecule has 0 unspecified atom stereocenters. The third-order valence-electron chi connectivity index (χ3n) is 7.96. The first kappa shape index (κ1) is 39.1. The number of rotatable bonds is 16. The summed E-state index contributed by atoms with van der Waals surface area (Å²) in [5.41, 5.74) is 7.08. The monoisotopic (exact) mass is 695 g/mol. The second-order valence-corrected chi connectivity index (χ2v) is 11.8. The Morgan fingerprint density at radius 3 is 2.31 bits per heavy atom. The van der Waals surface area contributed by atoms with Gasteiger partial charge in [-0.15, -0.1) is 0 Å². The van der Waals surface area contributed by atoms with E-state index in [0.29, 0.717) is 43.9 Å². The minimum atomic E-state index is -4.34. The molecule has 4 rings (SSSR count). The summed E-state index contributed by atoms with van der Waals surface area (Å²) in [4.78, 5) is 22.2. The third kappa shape index (κ3) is 12.2. The number of aromatic nitrogens is 3. The number of nitrogens with zero attached hydrogens (tertiary/aromatic N) is 6. The highest BCUT2D eigenvalue weighted by Gasteiger charge is 2.30. The van der Waals surface area contributed by atoms with Crippen LogP contribution in [0.15, 0.2) is 58.5 Å². The number of aryl methyl sites for hydroxylation is 2. The lowest BCUT2D eigenvalue weighted by atomic mass is 10.0. The van der Waals surface area contributed by atoms with Gasteiger partial charge in [0.25, 0.3) is 0 Å². The quantitative estimate of drug-likeness (QED) is 0.117. The highest BCUT2D eigenvalue weighted by Crippen LogP contribution is 2.29. The predicted octanol–water partition coefficient (Wildman–Crippen LogP) is 5.69. The van der Waals surface area contributed by atoms with Gasteiger partial charge in [0.1, 0.15) is 12.4 Å². The summed E-state index contributed by atoms with van der Waals surface area (Å²) < 4.78 is 46.1. The van der Waals surface area contributed by atoms with Crippen LogP contribution in [0.25, 0.3) is 0 Å². The number of anilines is 1. The molecule has 2 N–H and O–H groups in total.